The number of nitrogens with one attached hydrogen (secondary N) is 1. The number of halogens is 1. The molecule has 1 aliphatic heterocycles. The lowest BCUT2D eigenvalue weighted by Crippen LogP contribution is -2.27. The molecule has 0 spiro atoms. The van der Waals surface area contributed by atoms with Gasteiger partial charge in [0.05, 0.1) is 12.3 Å². The van der Waals surface area contributed by atoms with Gasteiger partial charge in [-0.15, -0.1) is 0 Å². The molecule has 2 heterocycles. The summed E-state index contributed by atoms with van der Waals surface area (Å²) in [6.07, 6.45) is 5.84. The van der Waals surface area contributed by atoms with Crippen molar-refractivity contribution in [3.63, 3.8) is 0 Å². The second-order valence-corrected chi connectivity index (χ2v) is 6.57. The zero-order valence-corrected chi connectivity index (χ0v) is 13.2. The van der Waals surface area contributed by atoms with Crippen molar-refractivity contribution in [2.75, 3.05) is 13.2 Å². The Morgan fingerprint density at radius 2 is 2.09 bits per heavy atom. The van der Waals surface area contributed by atoms with Crippen LogP contribution in [0.25, 0.3) is 0 Å². The fourth-order valence-corrected chi connectivity index (χ4v) is 3.10. The van der Waals surface area contributed by atoms with E-state index in [1.165, 1.54) is 30.5 Å². The van der Waals surface area contributed by atoms with Gasteiger partial charge in [0.2, 0.25) is 0 Å². The maximum absolute atomic E-state index is 12.9. The lowest BCUT2D eigenvalue weighted by molar-refractivity contribution is 0.0392. The molecule has 0 unspecified atom stereocenters. The van der Waals surface area contributed by atoms with E-state index in [1.807, 2.05) is 0 Å². The Bertz CT molecular complexity index is 663. The summed E-state index contributed by atoms with van der Waals surface area (Å²) >= 11 is 0. The predicted molar refractivity (Wildman–Crippen MR) is 85.5 cm³/mol. The Hall–Kier alpha value is -1.72. The van der Waals surface area contributed by atoms with Crippen LogP contribution in [0.15, 0.2) is 30.5 Å². The van der Waals surface area contributed by atoms with Crippen LogP contribution in [0.5, 0.6) is 0 Å². The van der Waals surface area contributed by atoms with Crippen LogP contribution < -0.4 is 5.32 Å². The van der Waals surface area contributed by atoms with Crippen LogP contribution in [-0.4, -0.2) is 22.9 Å². The lowest BCUT2D eigenvalue weighted by Gasteiger charge is -2.22. The molecule has 4 rings (SSSR count). The average molecular weight is 315 g/mol. The van der Waals surface area contributed by atoms with Crippen molar-refractivity contribution in [2.24, 2.45) is 5.92 Å². The molecule has 1 aliphatic carbocycles. The molecule has 1 aromatic carbocycles. The molecule has 1 aromatic heterocycles. The number of aromatic nitrogens is 2. The zero-order chi connectivity index (χ0) is 15.6. The smallest absolute Gasteiger partial charge is 0.123 e. The fourth-order valence-electron chi connectivity index (χ4n) is 3.10. The van der Waals surface area contributed by atoms with Crippen molar-refractivity contribution in [3.8, 4) is 0 Å². The molecule has 0 amide bonds. The fraction of sp³-hybridized carbons (Fsp3) is 0.500. The summed E-state index contributed by atoms with van der Waals surface area (Å²) in [5.74, 6) is 0.627. The van der Waals surface area contributed by atoms with Crippen LogP contribution in [0.4, 0.5) is 4.39 Å². The molecule has 1 fully saturated rings. The highest BCUT2D eigenvalue weighted by Gasteiger charge is 2.27. The van der Waals surface area contributed by atoms with Crippen molar-refractivity contribution < 1.29 is 9.13 Å². The summed E-state index contributed by atoms with van der Waals surface area (Å²) in [6.45, 7) is 3.23. The van der Waals surface area contributed by atoms with E-state index in [9.17, 15) is 4.39 Å². The Morgan fingerprint density at radius 3 is 2.87 bits per heavy atom. The topological polar surface area (TPSA) is 39.1 Å². The Labute approximate surface area is 135 Å². The molecule has 0 bridgehead atoms. The first kappa shape index (κ1) is 14.8. The van der Waals surface area contributed by atoms with Gasteiger partial charge >= 0.3 is 0 Å². The van der Waals surface area contributed by atoms with Crippen molar-refractivity contribution in [1.82, 2.24) is 15.1 Å². The second-order valence-electron chi connectivity index (χ2n) is 6.57. The molecule has 1 saturated carbocycles. The summed E-state index contributed by atoms with van der Waals surface area (Å²) < 4.78 is 20.9. The summed E-state index contributed by atoms with van der Waals surface area (Å²) in [6, 6.07) is 6.59. The van der Waals surface area contributed by atoms with Gasteiger partial charge in [-0.3, -0.25) is 4.68 Å². The molecule has 5 heteroatoms. The molecule has 4 nitrogen and oxygen atoms in total. The molecule has 2 aliphatic rings. The van der Waals surface area contributed by atoms with Gasteiger partial charge in [-0.1, -0.05) is 12.1 Å². The van der Waals surface area contributed by atoms with E-state index in [4.69, 9.17) is 9.84 Å². The van der Waals surface area contributed by atoms with E-state index in [1.54, 1.807) is 12.1 Å². The van der Waals surface area contributed by atoms with Crippen molar-refractivity contribution in [1.29, 1.82) is 0 Å². The van der Waals surface area contributed by atoms with Crippen LogP contribution in [0.1, 0.15) is 35.8 Å². The molecular formula is C18H22FN3O. The number of hydrogen-bond donors (Lipinski definition) is 1. The van der Waals surface area contributed by atoms with E-state index < -0.39 is 0 Å². The van der Waals surface area contributed by atoms with E-state index in [0.29, 0.717) is 6.54 Å². The predicted octanol–water partition coefficient (Wildman–Crippen LogP) is 2.84. The molecule has 1 atom stereocenters. The number of rotatable bonds is 6. The van der Waals surface area contributed by atoms with Crippen LogP contribution in [0, 0.1) is 11.7 Å². The first-order valence-corrected chi connectivity index (χ1v) is 8.41. The van der Waals surface area contributed by atoms with Gasteiger partial charge in [0.25, 0.3) is 0 Å². The summed E-state index contributed by atoms with van der Waals surface area (Å²) in [5.41, 5.74) is 3.48. The molecule has 122 valence electrons. The minimum Gasteiger partial charge on any atom is -0.370 e. The number of benzene rings is 1. The number of fused-ring (bicyclic) bond motifs is 1. The highest BCUT2D eigenvalue weighted by Crippen LogP contribution is 2.32. The minimum atomic E-state index is -0.199. The Kier molecular flexibility index (Phi) is 4.14. The second kappa shape index (κ2) is 6.42. The number of ether oxygens (including phenoxy) is 1. The maximum atomic E-state index is 12.9. The summed E-state index contributed by atoms with van der Waals surface area (Å²) in [5, 5.41) is 8.15. The van der Waals surface area contributed by atoms with Crippen molar-refractivity contribution in [2.45, 2.75) is 38.5 Å². The Balaban J connectivity index is 1.36. The van der Waals surface area contributed by atoms with Crippen molar-refractivity contribution >= 4 is 0 Å². The highest BCUT2D eigenvalue weighted by atomic mass is 19.1. The summed E-state index contributed by atoms with van der Waals surface area (Å²) in [4.78, 5) is 0. The monoisotopic (exact) mass is 315 g/mol. The summed E-state index contributed by atoms with van der Waals surface area (Å²) in [7, 11) is 0. The third kappa shape index (κ3) is 3.62. The largest absolute Gasteiger partial charge is 0.370 e. The van der Waals surface area contributed by atoms with Gasteiger partial charge in [0.1, 0.15) is 11.9 Å². The molecule has 0 radical (unpaired) electrons. The van der Waals surface area contributed by atoms with Gasteiger partial charge in [0, 0.05) is 25.8 Å². The highest BCUT2D eigenvalue weighted by molar-refractivity contribution is 5.22. The van der Waals surface area contributed by atoms with E-state index in [-0.39, 0.29) is 11.9 Å². The maximum Gasteiger partial charge on any atom is 0.123 e. The molecule has 2 aromatic rings. The minimum absolute atomic E-state index is 0.0136. The molecular weight excluding hydrogens is 293 g/mol. The van der Waals surface area contributed by atoms with Gasteiger partial charge in [-0.25, -0.2) is 4.39 Å². The van der Waals surface area contributed by atoms with Crippen LogP contribution >= 0.6 is 0 Å². The average Bonchev–Trinajstić information content (AvgIpc) is 3.26. The van der Waals surface area contributed by atoms with Gasteiger partial charge in [0.15, 0.2) is 0 Å². The third-order valence-electron chi connectivity index (χ3n) is 4.58. The normalized spacial score (nSPS) is 20.5. The van der Waals surface area contributed by atoms with Crippen LogP contribution in [0.2, 0.25) is 0 Å². The zero-order valence-electron chi connectivity index (χ0n) is 13.2. The van der Waals surface area contributed by atoms with Crippen LogP contribution in [-0.2, 0) is 24.2 Å². The quantitative estimate of drug-likeness (QED) is 0.891. The SMILES string of the molecule is Fc1ccc(CNC[C@@H]2OCCc3cn(CC4CC4)nc32)cc1. The van der Waals surface area contributed by atoms with E-state index in [2.05, 4.69) is 16.2 Å². The Morgan fingerprint density at radius 1 is 1.26 bits per heavy atom. The van der Waals surface area contributed by atoms with Crippen LogP contribution in [0.3, 0.4) is 0 Å². The molecule has 1 N–H and O–H groups in total. The van der Waals surface area contributed by atoms with Crippen molar-refractivity contribution in [3.05, 3.63) is 53.1 Å². The standard InChI is InChI=1S/C18H22FN3O/c19-16-5-3-13(4-6-16)9-20-10-17-18-15(7-8-23-17)12-22(21-18)11-14-1-2-14/h3-6,12,14,17,20H,1-2,7-11H2/t17-/m0/s1. The molecule has 23 heavy (non-hydrogen) atoms. The lowest BCUT2D eigenvalue weighted by atomic mass is 10.1. The third-order valence-corrected chi connectivity index (χ3v) is 4.58. The first-order chi connectivity index (χ1) is 11.3. The van der Waals surface area contributed by atoms with E-state index in [0.717, 1.165) is 43.3 Å². The van der Waals surface area contributed by atoms with Gasteiger partial charge in [-0.05, 0) is 48.4 Å². The first-order valence-electron chi connectivity index (χ1n) is 8.41. The van der Waals surface area contributed by atoms with Gasteiger partial charge < -0.3 is 10.1 Å². The van der Waals surface area contributed by atoms with E-state index >= 15 is 0 Å². The number of hydrogen-bond acceptors (Lipinski definition) is 3. The van der Waals surface area contributed by atoms with Gasteiger partial charge in [-0.2, -0.15) is 5.10 Å². The molecule has 0 saturated heterocycles. The number of nitrogens with zero attached hydrogens (tertiary/aromatic N) is 2.